The van der Waals surface area contributed by atoms with Gasteiger partial charge < -0.3 is 15.4 Å². The highest BCUT2D eigenvalue weighted by Gasteiger charge is 2.23. The van der Waals surface area contributed by atoms with Gasteiger partial charge in [0, 0.05) is 38.4 Å². The molecule has 9 nitrogen and oxygen atoms in total. The van der Waals surface area contributed by atoms with Gasteiger partial charge in [-0.2, -0.15) is 0 Å². The number of aromatic nitrogens is 3. The van der Waals surface area contributed by atoms with Gasteiger partial charge in [-0.1, -0.05) is 43.6 Å². The molecular formula is C27H27ClFN5O4. The number of amides is 2. The van der Waals surface area contributed by atoms with E-state index in [1.807, 2.05) is 19.9 Å². The Morgan fingerprint density at radius 2 is 1.74 bits per heavy atom. The molecule has 0 aliphatic heterocycles. The van der Waals surface area contributed by atoms with Crippen LogP contribution < -0.4 is 20.9 Å². The van der Waals surface area contributed by atoms with Crippen molar-refractivity contribution in [3.63, 3.8) is 0 Å². The lowest BCUT2D eigenvalue weighted by Gasteiger charge is -2.12. The zero-order valence-corrected chi connectivity index (χ0v) is 22.3. The van der Waals surface area contributed by atoms with Crippen molar-refractivity contribution in [1.29, 1.82) is 0 Å². The Morgan fingerprint density at radius 3 is 2.39 bits per heavy atom. The van der Waals surface area contributed by atoms with Gasteiger partial charge in [0.05, 0.1) is 22.1 Å². The molecule has 0 radical (unpaired) electrons. The minimum absolute atomic E-state index is 0.00661. The maximum atomic E-state index is 14.8. The first kappa shape index (κ1) is 28.1. The van der Waals surface area contributed by atoms with Gasteiger partial charge in [-0.05, 0) is 25.1 Å². The van der Waals surface area contributed by atoms with Crippen LogP contribution in [0.4, 0.5) is 15.9 Å². The van der Waals surface area contributed by atoms with Gasteiger partial charge in [-0.25, -0.2) is 14.1 Å². The van der Waals surface area contributed by atoms with Crippen LogP contribution >= 0.6 is 11.6 Å². The summed E-state index contributed by atoms with van der Waals surface area (Å²) in [6, 6.07) is 14.0. The van der Waals surface area contributed by atoms with Crippen LogP contribution in [0.5, 0.6) is 11.5 Å². The topological polar surface area (TPSA) is 107 Å². The van der Waals surface area contributed by atoms with Crippen molar-refractivity contribution < 1.29 is 18.7 Å². The van der Waals surface area contributed by atoms with Gasteiger partial charge in [-0.15, -0.1) is 0 Å². The highest BCUT2D eigenvalue weighted by Crippen LogP contribution is 2.33. The zero-order chi connectivity index (χ0) is 28.0. The summed E-state index contributed by atoms with van der Waals surface area (Å²) in [6.07, 6.45) is 1.39. The Labute approximate surface area is 223 Å². The number of rotatable bonds is 6. The van der Waals surface area contributed by atoms with Gasteiger partial charge in [0.15, 0.2) is 11.6 Å². The number of nitrogens with zero attached hydrogens (tertiary/aromatic N) is 3. The molecular weight excluding hydrogens is 513 g/mol. The number of pyridine rings is 1. The maximum Gasteiger partial charge on any atom is 0.284 e. The number of nitrogens with one attached hydrogen (secondary N) is 2. The highest BCUT2D eigenvalue weighted by molar-refractivity contribution is 6.34. The van der Waals surface area contributed by atoms with Crippen LogP contribution in [-0.4, -0.2) is 26.2 Å². The van der Waals surface area contributed by atoms with Crippen LogP contribution in [-0.2, 0) is 11.8 Å². The van der Waals surface area contributed by atoms with Crippen molar-refractivity contribution in [3.8, 4) is 17.2 Å². The van der Waals surface area contributed by atoms with Gasteiger partial charge in [0.1, 0.15) is 17.1 Å². The molecule has 2 heterocycles. The number of anilines is 2. The van der Waals surface area contributed by atoms with Crippen LogP contribution in [0.25, 0.3) is 5.69 Å². The molecule has 0 spiro atoms. The first-order chi connectivity index (χ1) is 18.2. The van der Waals surface area contributed by atoms with Gasteiger partial charge in [0.25, 0.3) is 11.5 Å². The lowest BCUT2D eigenvalue weighted by atomic mass is 10.2. The highest BCUT2D eigenvalue weighted by atomic mass is 35.5. The molecule has 0 aliphatic carbocycles. The SMILES string of the molecule is CC.CC(=O)Nc1cc(Oc2cc(Cl)c(NC(=O)c3c(C)n(C)n(-c4ccccc4)c3=O)cc2F)ccn1. The maximum absolute atomic E-state index is 14.8. The second kappa shape index (κ2) is 12.2. The minimum atomic E-state index is -0.806. The number of carbonyl (C=O) groups is 2. The van der Waals surface area contributed by atoms with Crippen LogP contribution in [0.2, 0.25) is 5.02 Å². The summed E-state index contributed by atoms with van der Waals surface area (Å²) in [5, 5.41) is 5.01. The number of hydrogen-bond donors (Lipinski definition) is 2. The normalized spacial score (nSPS) is 10.3. The number of carbonyl (C=O) groups excluding carboxylic acids is 2. The van der Waals surface area contributed by atoms with E-state index in [1.54, 1.807) is 42.9 Å². The summed E-state index contributed by atoms with van der Waals surface area (Å²) < 4.78 is 23.3. The number of hydrogen-bond acceptors (Lipinski definition) is 5. The van der Waals surface area contributed by atoms with E-state index in [4.69, 9.17) is 16.3 Å². The summed E-state index contributed by atoms with van der Waals surface area (Å²) in [6.45, 7) is 6.97. The molecule has 4 rings (SSSR count). The van der Waals surface area contributed by atoms with Crippen LogP contribution in [0.1, 0.15) is 36.8 Å². The molecule has 2 aromatic heterocycles. The monoisotopic (exact) mass is 539 g/mol. The predicted molar refractivity (Wildman–Crippen MR) is 145 cm³/mol. The first-order valence-electron chi connectivity index (χ1n) is 11.7. The standard InChI is InChI=1S/C25H21ClFN5O4.C2H6/c1-14-23(25(35)32(31(14)3)16-7-5-4-6-8-16)24(34)30-20-13-19(27)21(12-18(20)26)36-17-9-10-28-22(11-17)29-15(2)33;1-2/h4-13H,1-3H3,(H,30,34)(H,28,29,33);1-2H3. The third-order valence-electron chi connectivity index (χ3n) is 5.31. The summed E-state index contributed by atoms with van der Waals surface area (Å²) in [5.74, 6) is -1.62. The van der Waals surface area contributed by atoms with Gasteiger partial charge in [-0.3, -0.25) is 19.1 Å². The number of halogens is 2. The lowest BCUT2D eigenvalue weighted by Crippen LogP contribution is -2.25. The molecule has 2 amide bonds. The third kappa shape index (κ3) is 6.09. The largest absolute Gasteiger partial charge is 0.454 e. The minimum Gasteiger partial charge on any atom is -0.454 e. The Bertz CT molecular complexity index is 1530. The summed E-state index contributed by atoms with van der Waals surface area (Å²) in [4.78, 5) is 41.3. The van der Waals surface area contributed by atoms with Crippen molar-refractivity contribution >= 4 is 34.9 Å². The number of benzene rings is 2. The summed E-state index contributed by atoms with van der Waals surface area (Å²) >= 11 is 6.29. The van der Waals surface area contributed by atoms with Crippen molar-refractivity contribution in [1.82, 2.24) is 14.3 Å². The quantitative estimate of drug-likeness (QED) is 0.327. The molecule has 2 N–H and O–H groups in total. The Morgan fingerprint density at radius 1 is 1.05 bits per heavy atom. The van der Waals surface area contributed by atoms with Crippen LogP contribution in [0, 0.1) is 12.7 Å². The fraction of sp³-hybridized carbons (Fsp3) is 0.185. The van der Waals surface area contributed by atoms with E-state index in [1.165, 1.54) is 36.0 Å². The van der Waals surface area contributed by atoms with Crippen molar-refractivity contribution in [2.45, 2.75) is 27.7 Å². The molecule has 4 aromatic rings. The molecule has 38 heavy (non-hydrogen) atoms. The molecule has 11 heteroatoms. The molecule has 0 saturated heterocycles. The van der Waals surface area contributed by atoms with Crippen LogP contribution in [0.3, 0.4) is 0 Å². The Kier molecular flexibility index (Phi) is 9.03. The van der Waals surface area contributed by atoms with Crippen molar-refractivity contribution in [2.75, 3.05) is 10.6 Å². The Hall–Kier alpha value is -4.44. The predicted octanol–water partition coefficient (Wildman–Crippen LogP) is 5.70. The molecule has 0 aliphatic rings. The smallest absolute Gasteiger partial charge is 0.284 e. The number of para-hydroxylation sites is 1. The number of ether oxygens (including phenoxy) is 1. The molecule has 198 valence electrons. The average molecular weight is 540 g/mol. The van der Waals surface area contributed by atoms with E-state index in [9.17, 15) is 18.8 Å². The third-order valence-corrected chi connectivity index (χ3v) is 5.63. The van der Waals surface area contributed by atoms with Crippen molar-refractivity contribution in [3.05, 3.63) is 93.2 Å². The van der Waals surface area contributed by atoms with E-state index < -0.39 is 17.3 Å². The fourth-order valence-corrected chi connectivity index (χ4v) is 3.77. The molecule has 0 atom stereocenters. The lowest BCUT2D eigenvalue weighted by molar-refractivity contribution is -0.114. The average Bonchev–Trinajstić information content (AvgIpc) is 3.11. The van der Waals surface area contributed by atoms with E-state index in [0.29, 0.717) is 11.4 Å². The molecule has 2 aromatic carbocycles. The van der Waals surface area contributed by atoms with E-state index in [2.05, 4.69) is 15.6 Å². The Balaban J connectivity index is 0.00000195. The van der Waals surface area contributed by atoms with E-state index >= 15 is 0 Å². The molecule has 0 unspecified atom stereocenters. The van der Waals surface area contributed by atoms with Crippen molar-refractivity contribution in [2.24, 2.45) is 7.05 Å². The van der Waals surface area contributed by atoms with Crippen LogP contribution in [0.15, 0.2) is 65.6 Å². The van der Waals surface area contributed by atoms with Gasteiger partial charge >= 0.3 is 0 Å². The first-order valence-corrected chi connectivity index (χ1v) is 12.1. The summed E-state index contributed by atoms with van der Waals surface area (Å²) in [5.41, 5.74) is 0.360. The molecule has 0 saturated carbocycles. The fourth-order valence-electron chi connectivity index (χ4n) is 3.57. The van der Waals surface area contributed by atoms with E-state index in [-0.39, 0.29) is 39.5 Å². The van der Waals surface area contributed by atoms with E-state index in [0.717, 1.165) is 6.07 Å². The molecule has 0 fully saturated rings. The summed E-state index contributed by atoms with van der Waals surface area (Å²) in [7, 11) is 1.66. The van der Waals surface area contributed by atoms with Gasteiger partial charge in [0.2, 0.25) is 5.91 Å². The zero-order valence-electron chi connectivity index (χ0n) is 21.5. The molecule has 0 bridgehead atoms. The second-order valence-corrected chi connectivity index (χ2v) is 8.22. The second-order valence-electron chi connectivity index (χ2n) is 7.81.